The van der Waals surface area contributed by atoms with Crippen LogP contribution in [-0.2, 0) is 14.3 Å². The zero-order chi connectivity index (χ0) is 31.5. The van der Waals surface area contributed by atoms with Gasteiger partial charge in [-0.3, -0.25) is 0 Å². The van der Waals surface area contributed by atoms with Gasteiger partial charge in [0.05, 0.1) is 6.61 Å². The summed E-state index contributed by atoms with van der Waals surface area (Å²) in [4.78, 5) is 12.5. The van der Waals surface area contributed by atoms with E-state index in [0.717, 1.165) is 32.1 Å². The SMILES string of the molecule is C=CCOC(=O)C(O)(CCCCCCCCCCCCCCCC)OCCCCCCCCCCCCCCCCCC. The molecule has 0 aromatic carbocycles. The Morgan fingerprint density at radius 2 is 0.837 bits per heavy atom. The van der Waals surface area contributed by atoms with Crippen LogP contribution in [0.4, 0.5) is 0 Å². The summed E-state index contributed by atoms with van der Waals surface area (Å²) in [5.74, 6) is -2.49. The fourth-order valence-corrected chi connectivity index (χ4v) is 5.93. The van der Waals surface area contributed by atoms with Crippen LogP contribution >= 0.6 is 0 Å². The molecule has 1 atom stereocenters. The molecule has 4 heteroatoms. The van der Waals surface area contributed by atoms with Crippen molar-refractivity contribution in [2.24, 2.45) is 0 Å². The Morgan fingerprint density at radius 1 is 0.535 bits per heavy atom. The molecule has 0 amide bonds. The third kappa shape index (κ3) is 29.6. The number of hydrogen-bond donors (Lipinski definition) is 1. The van der Waals surface area contributed by atoms with Gasteiger partial charge in [-0.25, -0.2) is 4.79 Å². The van der Waals surface area contributed by atoms with Crippen LogP contribution in [0.25, 0.3) is 0 Å². The van der Waals surface area contributed by atoms with Crippen molar-refractivity contribution in [3.63, 3.8) is 0 Å². The second-order valence-corrected chi connectivity index (χ2v) is 13.2. The highest BCUT2D eigenvalue weighted by Gasteiger charge is 2.38. The average molecular weight is 609 g/mol. The third-order valence-corrected chi connectivity index (χ3v) is 8.86. The second kappa shape index (κ2) is 34.0. The van der Waals surface area contributed by atoms with Gasteiger partial charge in [0.25, 0.3) is 5.79 Å². The van der Waals surface area contributed by atoms with Gasteiger partial charge in [0.15, 0.2) is 0 Å². The molecular weight excluding hydrogens is 532 g/mol. The summed E-state index contributed by atoms with van der Waals surface area (Å²) in [6, 6.07) is 0. The monoisotopic (exact) mass is 609 g/mol. The maximum atomic E-state index is 12.5. The van der Waals surface area contributed by atoms with E-state index in [9.17, 15) is 9.90 Å². The molecule has 0 aliphatic heterocycles. The lowest BCUT2D eigenvalue weighted by atomic mass is 10.0. The Labute approximate surface area is 269 Å². The number of aliphatic hydroxyl groups is 1. The molecule has 0 aromatic heterocycles. The van der Waals surface area contributed by atoms with Crippen molar-refractivity contribution in [1.29, 1.82) is 0 Å². The van der Waals surface area contributed by atoms with E-state index >= 15 is 0 Å². The summed E-state index contributed by atoms with van der Waals surface area (Å²) in [6.45, 7) is 8.66. The molecular formula is C39H76O4. The van der Waals surface area contributed by atoms with E-state index in [-0.39, 0.29) is 6.61 Å². The van der Waals surface area contributed by atoms with Crippen molar-refractivity contribution >= 4 is 5.97 Å². The van der Waals surface area contributed by atoms with E-state index in [1.165, 1.54) is 167 Å². The van der Waals surface area contributed by atoms with Crippen molar-refractivity contribution in [3.05, 3.63) is 12.7 Å². The minimum absolute atomic E-state index is 0.0995. The van der Waals surface area contributed by atoms with Crippen LogP contribution in [0, 0.1) is 0 Å². The molecule has 0 aromatic rings. The highest BCUT2D eigenvalue weighted by atomic mass is 16.7. The summed E-state index contributed by atoms with van der Waals surface area (Å²) in [5.41, 5.74) is 0. The van der Waals surface area contributed by atoms with Crippen LogP contribution in [0.5, 0.6) is 0 Å². The topological polar surface area (TPSA) is 55.8 Å². The van der Waals surface area contributed by atoms with E-state index in [1.807, 2.05) is 0 Å². The van der Waals surface area contributed by atoms with Crippen LogP contribution in [0.15, 0.2) is 12.7 Å². The zero-order valence-electron chi connectivity index (χ0n) is 29.3. The first kappa shape index (κ1) is 42.1. The molecule has 0 aliphatic carbocycles. The van der Waals surface area contributed by atoms with Gasteiger partial charge in [0.2, 0.25) is 0 Å². The van der Waals surface area contributed by atoms with Crippen LogP contribution in [0.1, 0.15) is 213 Å². The molecule has 0 saturated carbocycles. The zero-order valence-corrected chi connectivity index (χ0v) is 29.3. The lowest BCUT2D eigenvalue weighted by molar-refractivity contribution is -0.230. The summed E-state index contributed by atoms with van der Waals surface area (Å²) in [7, 11) is 0. The summed E-state index contributed by atoms with van der Waals surface area (Å²) in [5, 5.41) is 11.0. The van der Waals surface area contributed by atoms with Gasteiger partial charge in [-0.2, -0.15) is 0 Å². The predicted octanol–water partition coefficient (Wildman–Crippen LogP) is 12.6. The number of ether oxygens (including phenoxy) is 2. The van der Waals surface area contributed by atoms with Crippen molar-refractivity contribution in [2.75, 3.05) is 13.2 Å². The highest BCUT2D eigenvalue weighted by Crippen LogP contribution is 2.22. The largest absolute Gasteiger partial charge is 0.457 e. The third-order valence-electron chi connectivity index (χ3n) is 8.86. The second-order valence-electron chi connectivity index (χ2n) is 13.2. The molecule has 0 radical (unpaired) electrons. The number of unbranched alkanes of at least 4 members (excludes halogenated alkanes) is 28. The Balaban J connectivity index is 3.81. The van der Waals surface area contributed by atoms with Crippen LogP contribution in [0.2, 0.25) is 0 Å². The number of carbonyl (C=O) groups excluding carboxylic acids is 1. The number of carbonyl (C=O) groups is 1. The molecule has 256 valence electrons. The van der Waals surface area contributed by atoms with E-state index in [4.69, 9.17) is 9.47 Å². The number of rotatable bonds is 36. The van der Waals surface area contributed by atoms with Gasteiger partial charge in [0.1, 0.15) is 6.61 Å². The van der Waals surface area contributed by atoms with Crippen molar-refractivity contribution in [3.8, 4) is 0 Å². The predicted molar refractivity (Wildman–Crippen MR) is 187 cm³/mol. The quantitative estimate of drug-likeness (QED) is 0.0333. The lowest BCUT2D eigenvalue weighted by Gasteiger charge is -2.26. The first-order valence-corrected chi connectivity index (χ1v) is 19.2. The Morgan fingerprint density at radius 3 is 1.16 bits per heavy atom. The Kier molecular flexibility index (Phi) is 33.3. The Bertz CT molecular complexity index is 578. The molecule has 0 spiro atoms. The van der Waals surface area contributed by atoms with E-state index in [1.54, 1.807) is 0 Å². The van der Waals surface area contributed by atoms with E-state index in [2.05, 4.69) is 20.4 Å². The van der Waals surface area contributed by atoms with Crippen LogP contribution in [-0.4, -0.2) is 30.1 Å². The van der Waals surface area contributed by atoms with E-state index < -0.39 is 11.8 Å². The normalized spacial score (nSPS) is 12.8. The molecule has 43 heavy (non-hydrogen) atoms. The summed E-state index contributed by atoms with van der Waals surface area (Å²) in [6.07, 6.45) is 40.8. The first-order chi connectivity index (χ1) is 21.1. The minimum atomic E-state index is -1.82. The van der Waals surface area contributed by atoms with Crippen LogP contribution < -0.4 is 0 Å². The first-order valence-electron chi connectivity index (χ1n) is 19.2. The maximum Gasteiger partial charge on any atom is 0.366 e. The molecule has 0 heterocycles. The van der Waals surface area contributed by atoms with Gasteiger partial charge < -0.3 is 14.6 Å². The van der Waals surface area contributed by atoms with Gasteiger partial charge in [0, 0.05) is 6.42 Å². The molecule has 4 nitrogen and oxygen atoms in total. The van der Waals surface area contributed by atoms with Crippen molar-refractivity contribution in [2.45, 2.75) is 219 Å². The molecule has 1 N–H and O–H groups in total. The van der Waals surface area contributed by atoms with Gasteiger partial charge >= 0.3 is 5.97 Å². The van der Waals surface area contributed by atoms with E-state index in [0.29, 0.717) is 13.0 Å². The smallest absolute Gasteiger partial charge is 0.366 e. The fourth-order valence-electron chi connectivity index (χ4n) is 5.93. The van der Waals surface area contributed by atoms with Crippen LogP contribution in [0.3, 0.4) is 0 Å². The molecule has 0 rings (SSSR count). The Hall–Kier alpha value is -0.870. The van der Waals surface area contributed by atoms with Gasteiger partial charge in [-0.15, -0.1) is 0 Å². The summed E-state index contributed by atoms with van der Waals surface area (Å²) < 4.78 is 10.9. The molecule has 0 aliphatic rings. The molecule has 0 saturated heterocycles. The van der Waals surface area contributed by atoms with Crippen molar-refractivity contribution < 1.29 is 19.4 Å². The highest BCUT2D eigenvalue weighted by molar-refractivity contribution is 5.77. The molecule has 0 bridgehead atoms. The van der Waals surface area contributed by atoms with Crippen molar-refractivity contribution in [1.82, 2.24) is 0 Å². The maximum absolute atomic E-state index is 12.5. The minimum Gasteiger partial charge on any atom is -0.457 e. The molecule has 1 unspecified atom stereocenters. The van der Waals surface area contributed by atoms with Gasteiger partial charge in [-0.1, -0.05) is 206 Å². The summed E-state index contributed by atoms with van der Waals surface area (Å²) >= 11 is 0. The molecule has 0 fully saturated rings. The number of esters is 1. The number of hydrogen-bond acceptors (Lipinski definition) is 4. The van der Waals surface area contributed by atoms with Gasteiger partial charge in [-0.05, 0) is 12.8 Å². The fraction of sp³-hybridized carbons (Fsp3) is 0.923. The standard InChI is InChI=1S/C39H76O4/c1-4-7-9-11-13-15-17-19-21-22-24-26-28-30-32-34-37-43-39(41,38(40)42-36-6-3)35-33-31-29-27-25-23-20-18-16-14-12-10-8-5-2/h6,41H,3-5,7-37H2,1-2H3. The average Bonchev–Trinajstić information content (AvgIpc) is 3.01. The lowest BCUT2D eigenvalue weighted by Crippen LogP contribution is -2.43.